The molecule has 3 aromatic carbocycles. The van der Waals surface area contributed by atoms with Crippen LogP contribution in [0.4, 0.5) is 5.69 Å². The van der Waals surface area contributed by atoms with Crippen LogP contribution in [0, 0.1) is 5.92 Å². The summed E-state index contributed by atoms with van der Waals surface area (Å²) in [6, 6.07) is 19.9. The second-order valence-corrected chi connectivity index (χ2v) is 8.48. The summed E-state index contributed by atoms with van der Waals surface area (Å²) in [7, 11) is 1.61. The lowest BCUT2D eigenvalue weighted by Gasteiger charge is -2.12. The van der Waals surface area contributed by atoms with Crippen LogP contribution in [0.3, 0.4) is 0 Å². The van der Waals surface area contributed by atoms with Crippen LogP contribution >= 0.6 is 12.2 Å². The van der Waals surface area contributed by atoms with Crippen molar-refractivity contribution in [2.45, 2.75) is 13.8 Å². The monoisotopic (exact) mass is 475 g/mol. The second-order valence-electron chi connectivity index (χ2n) is 8.07. The van der Waals surface area contributed by atoms with Gasteiger partial charge in [0.15, 0.2) is 10.7 Å². The van der Waals surface area contributed by atoms with Crippen LogP contribution in [0.1, 0.15) is 24.2 Å². The molecular weight excluding hydrogens is 450 g/mol. The molecule has 34 heavy (non-hydrogen) atoms. The molecule has 2 N–H and O–H groups in total. The Hall–Kier alpha value is -3.91. The normalized spacial score (nSPS) is 10.8. The van der Waals surface area contributed by atoms with Gasteiger partial charge in [-0.1, -0.05) is 19.9 Å². The third-order valence-electron chi connectivity index (χ3n) is 4.89. The molecule has 0 atom stereocenters. The quantitative estimate of drug-likeness (QED) is 0.333. The van der Waals surface area contributed by atoms with Crippen LogP contribution in [-0.2, 0) is 0 Å². The number of anilines is 1. The second kappa shape index (κ2) is 10.4. The van der Waals surface area contributed by atoms with Crippen LogP contribution in [0.15, 0.2) is 71.1 Å². The number of carbonyl (C=O) groups excluding carboxylic acids is 1. The van der Waals surface area contributed by atoms with Gasteiger partial charge in [0.25, 0.3) is 5.91 Å². The molecule has 0 aliphatic heterocycles. The maximum absolute atomic E-state index is 12.6. The van der Waals surface area contributed by atoms with Gasteiger partial charge >= 0.3 is 0 Å². The van der Waals surface area contributed by atoms with Crippen molar-refractivity contribution >= 4 is 40.0 Å². The van der Waals surface area contributed by atoms with Gasteiger partial charge in [0.2, 0.25) is 5.89 Å². The van der Waals surface area contributed by atoms with Gasteiger partial charge in [-0.25, -0.2) is 4.98 Å². The molecule has 0 aliphatic carbocycles. The number of aromatic nitrogens is 1. The van der Waals surface area contributed by atoms with E-state index in [9.17, 15) is 4.79 Å². The minimum absolute atomic E-state index is 0.195. The summed E-state index contributed by atoms with van der Waals surface area (Å²) >= 11 is 5.31. The number of carbonyl (C=O) groups is 1. The van der Waals surface area contributed by atoms with E-state index < -0.39 is 0 Å². The number of nitrogens with one attached hydrogen (secondary N) is 2. The number of hydrogen-bond donors (Lipinski definition) is 2. The van der Waals surface area contributed by atoms with Crippen LogP contribution < -0.4 is 20.1 Å². The molecule has 1 heterocycles. The zero-order chi connectivity index (χ0) is 24.1. The van der Waals surface area contributed by atoms with E-state index in [1.54, 1.807) is 25.3 Å². The lowest BCUT2D eigenvalue weighted by Crippen LogP contribution is -2.34. The molecule has 4 rings (SSSR count). The highest BCUT2D eigenvalue weighted by atomic mass is 32.1. The molecule has 0 unspecified atom stereocenters. The topological polar surface area (TPSA) is 85.6 Å². The SMILES string of the molecule is COc1ccc2oc(-c3ccc(NC(=S)NC(=O)c4cccc(OCC(C)C)c4)cc3)nc2c1. The summed E-state index contributed by atoms with van der Waals surface area (Å²) in [6.07, 6.45) is 0. The summed E-state index contributed by atoms with van der Waals surface area (Å²) in [5, 5.41) is 5.91. The number of ether oxygens (including phenoxy) is 2. The number of oxazole rings is 1. The van der Waals surface area contributed by atoms with Crippen molar-refractivity contribution in [1.82, 2.24) is 10.3 Å². The largest absolute Gasteiger partial charge is 0.497 e. The number of amides is 1. The molecule has 0 saturated carbocycles. The third-order valence-corrected chi connectivity index (χ3v) is 5.10. The number of methoxy groups -OCH3 is 1. The first kappa shape index (κ1) is 23.3. The van der Waals surface area contributed by atoms with Gasteiger partial charge in [0.05, 0.1) is 13.7 Å². The number of hydrogen-bond acceptors (Lipinski definition) is 6. The van der Waals surface area contributed by atoms with E-state index in [1.165, 1.54) is 0 Å². The molecule has 0 aliphatic rings. The summed E-state index contributed by atoms with van der Waals surface area (Å²) < 4.78 is 16.8. The molecule has 0 spiro atoms. The number of rotatable bonds is 7. The molecule has 174 valence electrons. The Balaban J connectivity index is 1.37. The first-order valence-electron chi connectivity index (χ1n) is 10.8. The Labute approximate surface area is 203 Å². The Bertz CT molecular complexity index is 1320. The molecular formula is C26H25N3O4S. The van der Waals surface area contributed by atoms with Crippen molar-refractivity contribution in [2.24, 2.45) is 5.92 Å². The molecule has 1 amide bonds. The predicted molar refractivity (Wildman–Crippen MR) is 136 cm³/mol. The van der Waals surface area contributed by atoms with Gasteiger partial charge in [-0.05, 0) is 72.7 Å². The highest BCUT2D eigenvalue weighted by Crippen LogP contribution is 2.27. The molecule has 7 nitrogen and oxygen atoms in total. The Morgan fingerprint density at radius 3 is 2.59 bits per heavy atom. The average molecular weight is 476 g/mol. The van der Waals surface area contributed by atoms with Gasteiger partial charge in [0.1, 0.15) is 17.0 Å². The summed E-state index contributed by atoms with van der Waals surface area (Å²) in [5.74, 6) is 1.95. The molecule has 0 fully saturated rings. The van der Waals surface area contributed by atoms with E-state index in [0.29, 0.717) is 35.3 Å². The van der Waals surface area contributed by atoms with Crippen molar-refractivity contribution in [3.05, 3.63) is 72.3 Å². The zero-order valence-electron chi connectivity index (χ0n) is 19.1. The van der Waals surface area contributed by atoms with Gasteiger partial charge in [-0.3, -0.25) is 10.1 Å². The highest BCUT2D eigenvalue weighted by molar-refractivity contribution is 7.80. The number of fused-ring (bicyclic) bond motifs is 1. The fourth-order valence-corrected chi connectivity index (χ4v) is 3.39. The number of nitrogens with zero attached hydrogens (tertiary/aromatic N) is 1. The van der Waals surface area contributed by atoms with Gasteiger partial charge in [0, 0.05) is 22.9 Å². The lowest BCUT2D eigenvalue weighted by atomic mass is 10.2. The van der Waals surface area contributed by atoms with Crippen LogP contribution in [-0.4, -0.2) is 29.7 Å². The first-order valence-corrected chi connectivity index (χ1v) is 11.2. The van der Waals surface area contributed by atoms with Crippen molar-refractivity contribution < 1.29 is 18.7 Å². The summed E-state index contributed by atoms with van der Waals surface area (Å²) in [5.41, 5.74) is 3.41. The summed E-state index contributed by atoms with van der Waals surface area (Å²) in [4.78, 5) is 17.1. The van der Waals surface area contributed by atoms with Crippen molar-refractivity contribution in [2.75, 3.05) is 19.0 Å². The smallest absolute Gasteiger partial charge is 0.257 e. The standard InChI is InChI=1S/C26H25N3O4S/c1-16(2)15-32-21-6-4-5-18(13-21)24(30)29-26(34)27-19-9-7-17(8-10-19)25-28-22-14-20(31-3)11-12-23(22)33-25/h4-14,16H,15H2,1-3H3,(H2,27,29,30,34). The van der Waals surface area contributed by atoms with E-state index in [-0.39, 0.29) is 11.0 Å². The van der Waals surface area contributed by atoms with Gasteiger partial charge in [-0.2, -0.15) is 0 Å². The number of thiocarbonyl (C=S) groups is 1. The maximum Gasteiger partial charge on any atom is 0.257 e. The lowest BCUT2D eigenvalue weighted by molar-refractivity contribution is 0.0977. The number of benzene rings is 3. The minimum atomic E-state index is -0.314. The maximum atomic E-state index is 12.6. The van der Waals surface area contributed by atoms with Crippen LogP contribution in [0.5, 0.6) is 11.5 Å². The van der Waals surface area contributed by atoms with Gasteiger partial charge < -0.3 is 19.2 Å². The van der Waals surface area contributed by atoms with Crippen molar-refractivity contribution in [3.8, 4) is 23.0 Å². The average Bonchev–Trinajstić information content (AvgIpc) is 3.26. The molecule has 0 bridgehead atoms. The van der Waals surface area contributed by atoms with E-state index in [0.717, 1.165) is 22.5 Å². The van der Waals surface area contributed by atoms with Crippen molar-refractivity contribution in [1.29, 1.82) is 0 Å². The molecule has 0 saturated heterocycles. The Morgan fingerprint density at radius 1 is 1.06 bits per heavy atom. The van der Waals surface area contributed by atoms with E-state index in [2.05, 4.69) is 29.5 Å². The fourth-order valence-electron chi connectivity index (χ4n) is 3.18. The van der Waals surface area contributed by atoms with Crippen LogP contribution in [0.2, 0.25) is 0 Å². The van der Waals surface area contributed by atoms with E-state index >= 15 is 0 Å². The highest BCUT2D eigenvalue weighted by Gasteiger charge is 2.11. The Kier molecular flexibility index (Phi) is 7.08. The minimum Gasteiger partial charge on any atom is -0.497 e. The zero-order valence-corrected chi connectivity index (χ0v) is 19.9. The van der Waals surface area contributed by atoms with E-state index in [1.807, 2.05) is 48.5 Å². The molecule has 1 aromatic heterocycles. The van der Waals surface area contributed by atoms with Crippen LogP contribution in [0.25, 0.3) is 22.6 Å². The van der Waals surface area contributed by atoms with E-state index in [4.69, 9.17) is 26.1 Å². The Morgan fingerprint density at radius 2 is 1.85 bits per heavy atom. The molecule has 4 aromatic rings. The predicted octanol–water partition coefficient (Wildman–Crippen LogP) is 5.67. The fraction of sp³-hybridized carbons (Fsp3) is 0.192. The third kappa shape index (κ3) is 5.71. The molecule has 8 heteroatoms. The van der Waals surface area contributed by atoms with Gasteiger partial charge in [-0.15, -0.1) is 0 Å². The van der Waals surface area contributed by atoms with Crippen molar-refractivity contribution in [3.63, 3.8) is 0 Å². The first-order chi connectivity index (χ1) is 16.4. The summed E-state index contributed by atoms with van der Waals surface area (Å²) in [6.45, 7) is 4.72. The molecule has 0 radical (unpaired) electrons.